The summed E-state index contributed by atoms with van der Waals surface area (Å²) in [6, 6.07) is 8.38. The van der Waals surface area contributed by atoms with Crippen LogP contribution in [0.2, 0.25) is 0 Å². The number of piperazine rings is 1. The number of quaternary nitrogens is 1. The number of anilines is 1. The Balaban J connectivity index is 1.49. The topological polar surface area (TPSA) is 70.9 Å². The minimum atomic E-state index is -3.00. The molecule has 3 rings (SSSR count). The van der Waals surface area contributed by atoms with Gasteiger partial charge in [0.05, 0.1) is 43.2 Å². The molecule has 2 heterocycles. The number of hydrogen-bond donors (Lipinski definition) is 2. The van der Waals surface area contributed by atoms with Crippen LogP contribution in [0.25, 0.3) is 0 Å². The fourth-order valence-corrected chi connectivity index (χ4v) is 5.97. The van der Waals surface area contributed by atoms with E-state index in [1.165, 1.54) is 16.2 Å². The van der Waals surface area contributed by atoms with Crippen LogP contribution in [0.5, 0.6) is 0 Å². The van der Waals surface area contributed by atoms with Gasteiger partial charge in [-0.1, -0.05) is 18.2 Å². The molecule has 0 bridgehead atoms. The van der Waals surface area contributed by atoms with Gasteiger partial charge in [-0.15, -0.1) is 0 Å². The predicted molar refractivity (Wildman–Crippen MR) is 98.8 cm³/mol. The van der Waals surface area contributed by atoms with Crippen LogP contribution in [0, 0.1) is 6.92 Å². The van der Waals surface area contributed by atoms with Gasteiger partial charge in [0, 0.05) is 5.69 Å². The second kappa shape index (κ2) is 6.96. The molecule has 0 saturated carbocycles. The van der Waals surface area contributed by atoms with Gasteiger partial charge in [0.2, 0.25) is 0 Å². The quantitative estimate of drug-likeness (QED) is 0.746. The summed E-state index contributed by atoms with van der Waals surface area (Å²) in [5, 5.41) is 2.96. The molecule has 1 amide bonds. The molecule has 2 aliphatic heterocycles. The van der Waals surface area contributed by atoms with Crippen LogP contribution in [0.3, 0.4) is 0 Å². The first kappa shape index (κ1) is 18.2. The summed E-state index contributed by atoms with van der Waals surface area (Å²) in [5.74, 6) is 0.187. The molecule has 25 heavy (non-hydrogen) atoms. The van der Waals surface area contributed by atoms with Gasteiger partial charge in [-0.3, -0.25) is 4.79 Å². The van der Waals surface area contributed by atoms with Crippen molar-refractivity contribution in [2.45, 2.75) is 25.8 Å². The smallest absolute Gasteiger partial charge is 0.275 e. The van der Waals surface area contributed by atoms with Crippen LogP contribution < -0.4 is 15.1 Å². The second-order valence-corrected chi connectivity index (χ2v) is 9.84. The highest BCUT2D eigenvalue weighted by molar-refractivity contribution is 7.91. The lowest BCUT2D eigenvalue weighted by molar-refractivity contribution is -0.892. The van der Waals surface area contributed by atoms with Crippen molar-refractivity contribution >= 4 is 21.4 Å². The Labute approximate surface area is 150 Å². The maximum atomic E-state index is 12.3. The maximum absolute atomic E-state index is 12.3. The molecule has 0 unspecified atom stereocenters. The highest BCUT2D eigenvalue weighted by Gasteiger charge is 2.40. The van der Waals surface area contributed by atoms with Crippen LogP contribution in [0.4, 0.5) is 5.69 Å². The molecule has 2 aliphatic rings. The average molecular weight is 367 g/mol. The second-order valence-electron chi connectivity index (χ2n) is 7.65. The number of hydrogen-bond acceptors (Lipinski definition) is 4. The van der Waals surface area contributed by atoms with E-state index in [2.05, 4.69) is 41.4 Å². The zero-order chi connectivity index (χ0) is 18.1. The van der Waals surface area contributed by atoms with Crippen molar-refractivity contribution in [1.29, 1.82) is 0 Å². The molecule has 2 fully saturated rings. The van der Waals surface area contributed by atoms with Crippen molar-refractivity contribution in [3.05, 3.63) is 29.8 Å². The van der Waals surface area contributed by atoms with Gasteiger partial charge >= 0.3 is 0 Å². The molecule has 1 aromatic carbocycles. The molecule has 138 valence electrons. The van der Waals surface area contributed by atoms with Gasteiger partial charge in [-0.2, -0.15) is 0 Å². The normalized spacial score (nSPS) is 26.6. The Hall–Kier alpha value is -1.60. The first-order valence-electron chi connectivity index (χ1n) is 8.92. The Morgan fingerprint density at radius 2 is 1.96 bits per heavy atom. The van der Waals surface area contributed by atoms with Crippen molar-refractivity contribution in [2.75, 3.05) is 49.1 Å². The van der Waals surface area contributed by atoms with Gasteiger partial charge < -0.3 is 15.1 Å². The largest absolute Gasteiger partial charge is 0.360 e. The Morgan fingerprint density at radius 1 is 1.28 bits per heavy atom. The highest BCUT2D eigenvalue weighted by Crippen LogP contribution is 2.22. The number of benzene rings is 1. The zero-order valence-corrected chi connectivity index (χ0v) is 15.9. The highest BCUT2D eigenvalue weighted by atomic mass is 32.2. The third-order valence-corrected chi connectivity index (χ3v) is 7.18. The average Bonchev–Trinajstić information content (AvgIpc) is 2.81. The van der Waals surface area contributed by atoms with E-state index in [4.69, 9.17) is 0 Å². The van der Waals surface area contributed by atoms with Gasteiger partial charge in [0.15, 0.2) is 16.4 Å². The standard InChI is InChI=1S/C18H27N3O3S/c1-15-5-3-4-6-16(15)21-10-8-20(9-11-21)13-17(22)19-18(2)7-12-25(23,24)14-18/h3-6H,7-14H2,1-2H3,(H,19,22)/p+1/t18-/m0/s1. The van der Waals surface area contributed by atoms with E-state index < -0.39 is 15.4 Å². The summed E-state index contributed by atoms with van der Waals surface area (Å²) < 4.78 is 23.3. The summed E-state index contributed by atoms with van der Waals surface area (Å²) in [6.07, 6.45) is 0.511. The van der Waals surface area contributed by atoms with Gasteiger partial charge in [0.25, 0.3) is 5.91 Å². The summed E-state index contributed by atoms with van der Waals surface area (Å²) in [7, 11) is -3.00. The number of carbonyl (C=O) groups is 1. The SMILES string of the molecule is Cc1ccccc1N1CC[NH+](CC(=O)N[C@@]2(C)CCS(=O)(=O)C2)CC1. The fourth-order valence-electron chi connectivity index (χ4n) is 3.88. The molecule has 0 aromatic heterocycles. The first-order valence-corrected chi connectivity index (χ1v) is 10.7. The molecule has 0 radical (unpaired) electrons. The van der Waals surface area contributed by atoms with Crippen LogP contribution >= 0.6 is 0 Å². The number of amides is 1. The van der Waals surface area contributed by atoms with Crippen molar-refractivity contribution in [2.24, 2.45) is 0 Å². The summed E-state index contributed by atoms with van der Waals surface area (Å²) in [6.45, 7) is 8.06. The van der Waals surface area contributed by atoms with E-state index in [1.54, 1.807) is 0 Å². The van der Waals surface area contributed by atoms with E-state index in [9.17, 15) is 13.2 Å². The van der Waals surface area contributed by atoms with E-state index >= 15 is 0 Å². The van der Waals surface area contributed by atoms with Crippen molar-refractivity contribution < 1.29 is 18.1 Å². The zero-order valence-electron chi connectivity index (χ0n) is 15.0. The molecule has 7 heteroatoms. The molecule has 0 aliphatic carbocycles. The maximum Gasteiger partial charge on any atom is 0.275 e. The molecule has 1 aromatic rings. The molecule has 0 spiro atoms. The number of rotatable bonds is 4. The Bertz CT molecular complexity index is 742. The third-order valence-electron chi connectivity index (χ3n) is 5.28. The Morgan fingerprint density at radius 3 is 2.56 bits per heavy atom. The number of nitrogens with one attached hydrogen (secondary N) is 2. The van der Waals surface area contributed by atoms with E-state index in [-0.39, 0.29) is 17.4 Å². The van der Waals surface area contributed by atoms with Crippen LogP contribution in [0.1, 0.15) is 18.9 Å². The van der Waals surface area contributed by atoms with Crippen molar-refractivity contribution in [3.8, 4) is 0 Å². The van der Waals surface area contributed by atoms with E-state index in [0.29, 0.717) is 13.0 Å². The number of nitrogens with zero attached hydrogens (tertiary/aromatic N) is 1. The fraction of sp³-hybridized carbons (Fsp3) is 0.611. The summed E-state index contributed by atoms with van der Waals surface area (Å²) in [5.41, 5.74) is 1.95. The third kappa shape index (κ3) is 4.52. The number of sulfone groups is 1. The number of aryl methyl sites for hydroxylation is 1. The van der Waals surface area contributed by atoms with Crippen molar-refractivity contribution in [3.63, 3.8) is 0 Å². The van der Waals surface area contributed by atoms with E-state index in [0.717, 1.165) is 26.2 Å². The lowest BCUT2D eigenvalue weighted by atomic mass is 10.0. The van der Waals surface area contributed by atoms with Crippen molar-refractivity contribution in [1.82, 2.24) is 5.32 Å². The van der Waals surface area contributed by atoms with Crippen LogP contribution in [0.15, 0.2) is 24.3 Å². The monoisotopic (exact) mass is 366 g/mol. The molecule has 1 atom stereocenters. The van der Waals surface area contributed by atoms with Gasteiger partial charge in [-0.05, 0) is 31.9 Å². The first-order chi connectivity index (χ1) is 11.8. The molecular weight excluding hydrogens is 338 g/mol. The van der Waals surface area contributed by atoms with Crippen LogP contribution in [-0.2, 0) is 14.6 Å². The molecule has 2 N–H and O–H groups in total. The minimum absolute atomic E-state index is 0.0426. The Kier molecular flexibility index (Phi) is 5.06. The number of carbonyl (C=O) groups excluding carboxylic acids is 1. The predicted octanol–water partition coefficient (Wildman–Crippen LogP) is -0.607. The molecule has 6 nitrogen and oxygen atoms in total. The summed E-state index contributed by atoms with van der Waals surface area (Å²) in [4.78, 5) is 16.0. The van der Waals surface area contributed by atoms with Gasteiger partial charge in [-0.25, -0.2) is 8.42 Å². The van der Waals surface area contributed by atoms with E-state index in [1.807, 2.05) is 6.92 Å². The lowest BCUT2D eigenvalue weighted by Crippen LogP contribution is -3.16. The number of para-hydroxylation sites is 1. The molecular formula is C18H28N3O3S+. The minimum Gasteiger partial charge on any atom is -0.360 e. The van der Waals surface area contributed by atoms with Gasteiger partial charge in [0.1, 0.15) is 0 Å². The molecule has 2 saturated heterocycles. The lowest BCUT2D eigenvalue weighted by Gasteiger charge is -2.34. The summed E-state index contributed by atoms with van der Waals surface area (Å²) >= 11 is 0. The van der Waals surface area contributed by atoms with Crippen LogP contribution in [-0.4, -0.2) is 64.1 Å².